The average Bonchev–Trinajstić information content (AvgIpc) is 2.36. The van der Waals surface area contributed by atoms with Crippen LogP contribution in [-0.2, 0) is 9.47 Å². The van der Waals surface area contributed by atoms with Gasteiger partial charge in [0, 0.05) is 5.92 Å². The molecule has 0 bridgehead atoms. The van der Waals surface area contributed by atoms with Crippen LogP contribution in [0.5, 0.6) is 0 Å². The zero-order valence-corrected chi connectivity index (χ0v) is 13.7. The van der Waals surface area contributed by atoms with Crippen LogP contribution in [-0.4, -0.2) is 53.1 Å². The van der Waals surface area contributed by atoms with E-state index < -0.39 is 5.60 Å². The Morgan fingerprint density at radius 1 is 1.24 bits per heavy atom. The lowest BCUT2D eigenvalue weighted by Crippen LogP contribution is -2.59. The van der Waals surface area contributed by atoms with E-state index in [-0.39, 0.29) is 30.2 Å². The molecule has 2 aliphatic rings. The molecule has 2 rings (SSSR count). The minimum Gasteiger partial charge on any atom is -0.444 e. The summed E-state index contributed by atoms with van der Waals surface area (Å²) in [6, 6.07) is -0.105. The van der Waals surface area contributed by atoms with Crippen LogP contribution >= 0.6 is 0 Å². The lowest BCUT2D eigenvalue weighted by Gasteiger charge is -2.46. The van der Waals surface area contributed by atoms with Crippen LogP contribution in [0.2, 0.25) is 0 Å². The zero-order chi connectivity index (χ0) is 15.6. The monoisotopic (exact) mass is 299 g/mol. The molecule has 5 nitrogen and oxygen atoms in total. The predicted octanol–water partition coefficient (Wildman–Crippen LogP) is 2.56. The van der Waals surface area contributed by atoms with Crippen molar-refractivity contribution >= 4 is 6.09 Å². The highest BCUT2D eigenvalue weighted by Crippen LogP contribution is 2.33. The summed E-state index contributed by atoms with van der Waals surface area (Å²) in [6.45, 7) is 8.62. The molecule has 4 unspecified atom stereocenters. The van der Waals surface area contributed by atoms with Crippen LogP contribution in [0.25, 0.3) is 0 Å². The number of aliphatic hydroxyl groups excluding tert-OH is 1. The van der Waals surface area contributed by atoms with Gasteiger partial charge in [-0.2, -0.15) is 0 Å². The van der Waals surface area contributed by atoms with Crippen LogP contribution in [0.3, 0.4) is 0 Å². The summed E-state index contributed by atoms with van der Waals surface area (Å²) in [5.74, 6) is 0.0917. The number of morpholine rings is 1. The average molecular weight is 299 g/mol. The number of rotatable bonds is 1. The molecular formula is C16H29NO4. The maximum Gasteiger partial charge on any atom is 0.410 e. The molecule has 1 N–H and O–H groups in total. The van der Waals surface area contributed by atoms with Gasteiger partial charge in [-0.3, -0.25) is 4.90 Å². The number of amides is 1. The smallest absolute Gasteiger partial charge is 0.410 e. The molecule has 5 heteroatoms. The Labute approximate surface area is 127 Å². The van der Waals surface area contributed by atoms with Gasteiger partial charge >= 0.3 is 6.09 Å². The van der Waals surface area contributed by atoms with Gasteiger partial charge in [-0.05, 0) is 40.5 Å². The van der Waals surface area contributed by atoms with E-state index in [1.54, 1.807) is 4.90 Å². The summed E-state index contributed by atoms with van der Waals surface area (Å²) < 4.78 is 11.2. The zero-order valence-electron chi connectivity index (χ0n) is 13.7. The van der Waals surface area contributed by atoms with Gasteiger partial charge in [-0.1, -0.05) is 12.8 Å². The SMILES string of the molecule is CC1COCC(C2CCCCC2O)N1C(=O)OC(C)(C)C. The van der Waals surface area contributed by atoms with Crippen LogP contribution < -0.4 is 0 Å². The first-order chi connectivity index (χ1) is 9.79. The van der Waals surface area contributed by atoms with Crippen molar-refractivity contribution in [1.29, 1.82) is 0 Å². The fourth-order valence-corrected chi connectivity index (χ4v) is 3.40. The van der Waals surface area contributed by atoms with E-state index in [1.165, 1.54) is 0 Å². The van der Waals surface area contributed by atoms with Crippen LogP contribution in [0.15, 0.2) is 0 Å². The molecule has 1 saturated heterocycles. The molecule has 0 aromatic rings. The maximum atomic E-state index is 12.6. The van der Waals surface area contributed by atoms with E-state index in [1.807, 2.05) is 27.7 Å². The highest BCUT2D eigenvalue weighted by atomic mass is 16.6. The number of hydrogen-bond acceptors (Lipinski definition) is 4. The van der Waals surface area contributed by atoms with Crippen molar-refractivity contribution in [1.82, 2.24) is 4.90 Å². The van der Waals surface area contributed by atoms with E-state index in [4.69, 9.17) is 9.47 Å². The van der Waals surface area contributed by atoms with Gasteiger partial charge in [0.05, 0.1) is 31.4 Å². The van der Waals surface area contributed by atoms with Crippen molar-refractivity contribution in [2.24, 2.45) is 5.92 Å². The summed E-state index contributed by atoms with van der Waals surface area (Å²) in [4.78, 5) is 14.3. The Bertz CT molecular complexity index is 366. The second-order valence-corrected chi connectivity index (χ2v) is 7.36. The van der Waals surface area contributed by atoms with Crippen molar-refractivity contribution in [3.8, 4) is 0 Å². The largest absolute Gasteiger partial charge is 0.444 e. The minimum absolute atomic E-state index is 0.0206. The quantitative estimate of drug-likeness (QED) is 0.808. The van der Waals surface area contributed by atoms with Crippen molar-refractivity contribution in [3.05, 3.63) is 0 Å². The van der Waals surface area contributed by atoms with E-state index in [2.05, 4.69) is 0 Å². The lowest BCUT2D eigenvalue weighted by molar-refractivity contribution is -0.0934. The number of hydrogen-bond donors (Lipinski definition) is 1. The standard InChI is InChI=1S/C16H29NO4/c1-11-9-20-10-13(12-7-5-6-8-14(12)18)17(11)15(19)21-16(2,3)4/h11-14,18H,5-10H2,1-4H3. The summed E-state index contributed by atoms with van der Waals surface area (Å²) in [5, 5.41) is 10.3. The summed E-state index contributed by atoms with van der Waals surface area (Å²) in [6.07, 6.45) is 3.30. The van der Waals surface area contributed by atoms with Crippen LogP contribution in [0.4, 0.5) is 4.79 Å². The lowest BCUT2D eigenvalue weighted by atomic mass is 9.80. The van der Waals surface area contributed by atoms with Crippen molar-refractivity contribution in [2.75, 3.05) is 13.2 Å². The van der Waals surface area contributed by atoms with Gasteiger partial charge < -0.3 is 14.6 Å². The Kier molecular flexibility index (Phi) is 5.15. The second kappa shape index (κ2) is 6.53. The number of nitrogens with zero attached hydrogens (tertiary/aromatic N) is 1. The molecular weight excluding hydrogens is 270 g/mol. The van der Waals surface area contributed by atoms with Crippen LogP contribution in [0.1, 0.15) is 53.4 Å². The predicted molar refractivity (Wildman–Crippen MR) is 80.1 cm³/mol. The molecule has 122 valence electrons. The fraction of sp³-hybridized carbons (Fsp3) is 0.938. The van der Waals surface area contributed by atoms with E-state index >= 15 is 0 Å². The Morgan fingerprint density at radius 2 is 1.90 bits per heavy atom. The van der Waals surface area contributed by atoms with E-state index in [0.717, 1.165) is 25.7 Å². The topological polar surface area (TPSA) is 59.0 Å². The highest BCUT2D eigenvalue weighted by Gasteiger charge is 2.42. The number of aliphatic hydroxyl groups is 1. The fourth-order valence-electron chi connectivity index (χ4n) is 3.40. The summed E-state index contributed by atoms with van der Waals surface area (Å²) in [7, 11) is 0. The van der Waals surface area contributed by atoms with E-state index in [9.17, 15) is 9.90 Å². The molecule has 1 aliphatic carbocycles. The van der Waals surface area contributed by atoms with Crippen molar-refractivity contribution in [2.45, 2.75) is 77.2 Å². The van der Waals surface area contributed by atoms with Gasteiger partial charge in [0.15, 0.2) is 0 Å². The van der Waals surface area contributed by atoms with Gasteiger partial charge in [0.25, 0.3) is 0 Å². The first-order valence-electron chi connectivity index (χ1n) is 8.06. The molecule has 21 heavy (non-hydrogen) atoms. The van der Waals surface area contributed by atoms with Crippen molar-refractivity contribution in [3.63, 3.8) is 0 Å². The normalized spacial score (nSPS) is 34.6. The van der Waals surface area contributed by atoms with Gasteiger partial charge in [0.1, 0.15) is 5.60 Å². The van der Waals surface area contributed by atoms with Gasteiger partial charge in [-0.15, -0.1) is 0 Å². The first kappa shape index (κ1) is 16.6. The Morgan fingerprint density at radius 3 is 2.52 bits per heavy atom. The third-order valence-corrected chi connectivity index (χ3v) is 4.36. The number of ether oxygens (including phenoxy) is 2. The molecule has 1 saturated carbocycles. The number of carbonyl (C=O) groups is 1. The molecule has 2 fully saturated rings. The Hall–Kier alpha value is -0.810. The van der Waals surface area contributed by atoms with Crippen molar-refractivity contribution < 1.29 is 19.4 Å². The molecule has 0 aromatic heterocycles. The molecule has 0 spiro atoms. The summed E-state index contributed by atoms with van der Waals surface area (Å²) in [5.41, 5.74) is -0.509. The first-order valence-corrected chi connectivity index (χ1v) is 8.06. The molecule has 4 atom stereocenters. The third-order valence-electron chi connectivity index (χ3n) is 4.36. The molecule has 1 heterocycles. The third kappa shape index (κ3) is 4.10. The van der Waals surface area contributed by atoms with Gasteiger partial charge in [0.2, 0.25) is 0 Å². The van der Waals surface area contributed by atoms with Gasteiger partial charge in [-0.25, -0.2) is 4.79 Å². The minimum atomic E-state index is -0.509. The Balaban J connectivity index is 2.14. The molecule has 1 amide bonds. The molecule has 0 radical (unpaired) electrons. The molecule has 0 aromatic carbocycles. The van der Waals surface area contributed by atoms with E-state index in [0.29, 0.717) is 13.2 Å². The number of carbonyl (C=O) groups excluding carboxylic acids is 1. The summed E-state index contributed by atoms with van der Waals surface area (Å²) >= 11 is 0. The maximum absolute atomic E-state index is 12.6. The second-order valence-electron chi connectivity index (χ2n) is 7.36. The van der Waals surface area contributed by atoms with Crippen LogP contribution in [0, 0.1) is 5.92 Å². The molecule has 1 aliphatic heterocycles. The highest BCUT2D eigenvalue weighted by molar-refractivity contribution is 5.69.